The van der Waals surface area contributed by atoms with Gasteiger partial charge in [0.15, 0.2) is 12.2 Å². The van der Waals surface area contributed by atoms with Crippen molar-refractivity contribution in [2.24, 2.45) is 5.92 Å². The van der Waals surface area contributed by atoms with E-state index in [1.807, 2.05) is 13.8 Å². The van der Waals surface area contributed by atoms with Crippen molar-refractivity contribution in [1.29, 1.82) is 0 Å². The smallest absolute Gasteiger partial charge is 0.292 e. The molecule has 0 aliphatic heterocycles. The molecule has 6 nitrogen and oxygen atoms in total. The number of rotatable bonds is 7. The summed E-state index contributed by atoms with van der Waals surface area (Å²) in [5.41, 5.74) is 0.751. The summed E-state index contributed by atoms with van der Waals surface area (Å²) in [7, 11) is 0. The fourth-order valence-electron chi connectivity index (χ4n) is 1.98. The number of carbonyl (C=O) groups is 2. The molecule has 146 valence electrons. The molecule has 2 unspecified atom stereocenters. The highest BCUT2D eigenvalue weighted by atomic mass is 17.2. The average Bonchev–Trinajstić information content (AvgIpc) is 2.72. The van der Waals surface area contributed by atoms with Crippen molar-refractivity contribution in [3.63, 3.8) is 0 Å². The van der Waals surface area contributed by atoms with Crippen molar-refractivity contribution in [3.8, 4) is 11.8 Å². The molecule has 0 fully saturated rings. The number of carbonyl (C=O) groups excluding carboxylic acids is 2. The molecule has 0 N–H and O–H groups in total. The van der Waals surface area contributed by atoms with Gasteiger partial charge in [-0.2, -0.15) is 9.78 Å². The van der Waals surface area contributed by atoms with Gasteiger partial charge in [-0.1, -0.05) is 62.1 Å². The number of benzene rings is 2. The normalized spacial score (nSPS) is 12.4. The number of hydrogen-bond acceptors (Lipinski definition) is 6. The zero-order valence-corrected chi connectivity index (χ0v) is 16.0. The van der Waals surface area contributed by atoms with E-state index in [9.17, 15) is 9.59 Å². The zero-order chi connectivity index (χ0) is 20.4. The van der Waals surface area contributed by atoms with E-state index in [0.717, 1.165) is 0 Å². The van der Waals surface area contributed by atoms with Crippen LogP contribution in [0.3, 0.4) is 0 Å². The Hall–Kier alpha value is -3.14. The van der Waals surface area contributed by atoms with E-state index in [2.05, 4.69) is 11.8 Å². The van der Waals surface area contributed by atoms with Gasteiger partial charge in [-0.3, -0.25) is 9.78 Å². The van der Waals surface area contributed by atoms with Crippen LogP contribution in [0.25, 0.3) is 0 Å². The fraction of sp³-hybridized carbons (Fsp3) is 0.273. The topological polar surface area (TPSA) is 71.1 Å². The molecule has 2 atom stereocenters. The van der Waals surface area contributed by atoms with Crippen molar-refractivity contribution in [1.82, 2.24) is 0 Å². The Bertz CT molecular complexity index is 820. The predicted octanol–water partition coefficient (Wildman–Crippen LogP) is 3.98. The summed E-state index contributed by atoms with van der Waals surface area (Å²) in [4.78, 5) is 43.6. The molecule has 0 aliphatic rings. The number of hydrogen-bond donors (Lipinski definition) is 0. The quantitative estimate of drug-likeness (QED) is 0.410. The molecular formula is C22H22O6. The molecule has 2 rings (SSSR count). The van der Waals surface area contributed by atoms with Gasteiger partial charge in [0.1, 0.15) is 0 Å². The highest BCUT2D eigenvalue weighted by Gasteiger charge is 2.17. The van der Waals surface area contributed by atoms with Crippen molar-refractivity contribution in [3.05, 3.63) is 71.8 Å². The summed E-state index contributed by atoms with van der Waals surface area (Å²) >= 11 is 0. The maximum Gasteiger partial charge on any atom is 0.373 e. The summed E-state index contributed by atoms with van der Waals surface area (Å²) in [5.74, 6) is 4.33. The first-order valence-corrected chi connectivity index (χ1v) is 8.84. The van der Waals surface area contributed by atoms with E-state index in [0.29, 0.717) is 11.1 Å². The van der Waals surface area contributed by atoms with Gasteiger partial charge in [0.25, 0.3) is 0 Å². The Morgan fingerprint density at radius 3 is 1.64 bits per heavy atom. The molecule has 2 aromatic carbocycles. The third kappa shape index (κ3) is 6.88. The van der Waals surface area contributed by atoms with Crippen LogP contribution in [0, 0.1) is 17.8 Å². The highest BCUT2D eigenvalue weighted by Crippen LogP contribution is 2.09. The van der Waals surface area contributed by atoms with Crippen LogP contribution in [0.5, 0.6) is 0 Å². The lowest BCUT2D eigenvalue weighted by Crippen LogP contribution is -2.21. The molecule has 0 saturated carbocycles. The molecule has 0 heterocycles. The minimum Gasteiger partial charge on any atom is -0.292 e. The van der Waals surface area contributed by atoms with Gasteiger partial charge in [-0.05, 0) is 37.1 Å². The van der Waals surface area contributed by atoms with Crippen molar-refractivity contribution >= 4 is 11.9 Å². The first kappa shape index (κ1) is 21.2. The van der Waals surface area contributed by atoms with Gasteiger partial charge < -0.3 is 0 Å². The Kier molecular flexibility index (Phi) is 8.22. The van der Waals surface area contributed by atoms with Gasteiger partial charge in [0, 0.05) is 0 Å². The summed E-state index contributed by atoms with van der Waals surface area (Å²) in [6.45, 7) is 5.37. The summed E-state index contributed by atoms with van der Waals surface area (Å²) < 4.78 is 0. The van der Waals surface area contributed by atoms with E-state index in [1.54, 1.807) is 67.6 Å². The van der Waals surface area contributed by atoms with Crippen LogP contribution >= 0.6 is 0 Å². The van der Waals surface area contributed by atoms with Crippen molar-refractivity contribution < 1.29 is 29.1 Å². The first-order chi connectivity index (χ1) is 13.5. The van der Waals surface area contributed by atoms with E-state index < -0.39 is 24.1 Å². The predicted molar refractivity (Wildman–Crippen MR) is 102 cm³/mol. The minimum atomic E-state index is -0.692. The molecule has 2 aromatic rings. The van der Waals surface area contributed by atoms with Gasteiger partial charge in [-0.25, -0.2) is 9.59 Å². The lowest BCUT2D eigenvalue weighted by Gasteiger charge is -2.14. The van der Waals surface area contributed by atoms with Crippen LogP contribution in [-0.2, 0) is 19.6 Å². The molecule has 0 bridgehead atoms. The molecule has 0 saturated heterocycles. The Balaban J connectivity index is 1.85. The Morgan fingerprint density at radius 1 is 0.714 bits per heavy atom. The molecule has 28 heavy (non-hydrogen) atoms. The minimum absolute atomic E-state index is 0.0462. The monoisotopic (exact) mass is 382 g/mol. The van der Waals surface area contributed by atoms with E-state index in [4.69, 9.17) is 19.6 Å². The van der Waals surface area contributed by atoms with E-state index in [-0.39, 0.29) is 5.92 Å². The molecule has 0 spiro atoms. The second-order valence-corrected chi connectivity index (χ2v) is 6.26. The van der Waals surface area contributed by atoms with Crippen molar-refractivity contribution in [2.75, 3.05) is 0 Å². The molecule has 0 radical (unpaired) electrons. The highest BCUT2D eigenvalue weighted by molar-refractivity contribution is 5.89. The zero-order valence-electron chi connectivity index (χ0n) is 16.0. The van der Waals surface area contributed by atoms with E-state index in [1.165, 1.54) is 0 Å². The van der Waals surface area contributed by atoms with Gasteiger partial charge in [-0.15, -0.1) is 0 Å². The molecule has 0 aliphatic carbocycles. The maximum absolute atomic E-state index is 11.9. The van der Waals surface area contributed by atoms with Crippen LogP contribution in [0.15, 0.2) is 60.7 Å². The summed E-state index contributed by atoms with van der Waals surface area (Å²) in [6, 6.07) is 17.0. The fourth-order valence-corrected chi connectivity index (χ4v) is 1.98. The summed E-state index contributed by atoms with van der Waals surface area (Å²) in [5, 5.41) is 0. The summed E-state index contributed by atoms with van der Waals surface area (Å²) in [6.07, 6.45) is -1.36. The maximum atomic E-state index is 11.9. The average molecular weight is 382 g/mol. The Labute approximate surface area is 164 Å². The van der Waals surface area contributed by atoms with Crippen LogP contribution in [0.1, 0.15) is 41.5 Å². The van der Waals surface area contributed by atoms with Crippen molar-refractivity contribution in [2.45, 2.75) is 33.0 Å². The van der Waals surface area contributed by atoms with Gasteiger partial charge >= 0.3 is 11.9 Å². The van der Waals surface area contributed by atoms with Gasteiger partial charge in [0.05, 0.1) is 11.1 Å². The molecule has 0 amide bonds. The Morgan fingerprint density at radius 2 is 1.18 bits per heavy atom. The third-order valence-electron chi connectivity index (χ3n) is 3.55. The third-order valence-corrected chi connectivity index (χ3v) is 3.55. The molecular weight excluding hydrogens is 360 g/mol. The lowest BCUT2D eigenvalue weighted by atomic mass is 10.1. The van der Waals surface area contributed by atoms with Crippen LogP contribution in [-0.4, -0.2) is 24.1 Å². The van der Waals surface area contributed by atoms with E-state index >= 15 is 0 Å². The first-order valence-electron chi connectivity index (χ1n) is 8.84. The molecule has 0 aromatic heterocycles. The second kappa shape index (κ2) is 10.9. The van der Waals surface area contributed by atoms with Crippen LogP contribution in [0.4, 0.5) is 0 Å². The van der Waals surface area contributed by atoms with Crippen LogP contribution in [0.2, 0.25) is 0 Å². The second-order valence-electron chi connectivity index (χ2n) is 6.26. The van der Waals surface area contributed by atoms with Gasteiger partial charge in [0.2, 0.25) is 0 Å². The lowest BCUT2D eigenvalue weighted by molar-refractivity contribution is -0.268. The van der Waals surface area contributed by atoms with Crippen LogP contribution < -0.4 is 0 Å². The standard InChI is InChI=1S/C22H22O6/c1-16(2)20(26-28-22(24)19-12-8-5-9-13-19)15-14-17(3)25-27-21(23)18-10-6-4-7-11-18/h4-13,16-17,20H,1-3H3. The molecule has 6 heteroatoms. The SMILES string of the molecule is CC(C#CC(OOC(=O)c1ccccc1)C(C)C)OOC(=O)c1ccccc1. The largest absolute Gasteiger partial charge is 0.373 e.